The molecule has 0 aromatic heterocycles. The third kappa shape index (κ3) is 12.6. The van der Waals surface area contributed by atoms with Crippen LogP contribution in [-0.2, 0) is 9.53 Å². The van der Waals surface area contributed by atoms with Crippen molar-refractivity contribution in [3.63, 3.8) is 0 Å². The van der Waals surface area contributed by atoms with Crippen LogP contribution in [0.25, 0.3) is 0 Å². The van der Waals surface area contributed by atoms with E-state index in [1.165, 1.54) is 63.5 Å². The molecule has 1 fully saturated rings. The Morgan fingerprint density at radius 2 is 1.41 bits per heavy atom. The molecule has 0 saturated heterocycles. The Morgan fingerprint density at radius 3 is 2.02 bits per heavy atom. The molecule has 0 bridgehead atoms. The molecule has 2 aromatic carbocycles. The maximum Gasteiger partial charge on any atom is 0.343 e. The predicted molar refractivity (Wildman–Crippen MR) is 171 cm³/mol. The fraction of sp³-hybridized carbons (Fsp3) is 0.622. The maximum atomic E-state index is 14.6. The molecule has 1 atom stereocenters. The van der Waals surface area contributed by atoms with Crippen molar-refractivity contribution in [2.45, 2.75) is 141 Å². The summed E-state index contributed by atoms with van der Waals surface area (Å²) < 4.78 is 45.1. The Morgan fingerprint density at radius 1 is 0.795 bits per heavy atom. The van der Waals surface area contributed by atoms with Gasteiger partial charge in [0.05, 0.1) is 12.2 Å². The van der Waals surface area contributed by atoms with Gasteiger partial charge in [-0.3, -0.25) is 0 Å². The number of esters is 2. The number of rotatable bonds is 20. The van der Waals surface area contributed by atoms with Gasteiger partial charge in [0.15, 0.2) is 17.7 Å². The molecule has 0 unspecified atom stereocenters. The summed E-state index contributed by atoms with van der Waals surface area (Å²) in [5.41, 5.74) is 1.23. The Hall–Kier alpha value is -2.96. The monoisotopic (exact) mass is 614 g/mol. The summed E-state index contributed by atoms with van der Waals surface area (Å²) in [4.78, 5) is 24.6. The minimum atomic E-state index is -1.54. The Bertz CT molecular complexity index is 1110. The quantitative estimate of drug-likeness (QED) is 0.0843. The van der Waals surface area contributed by atoms with Gasteiger partial charge in [0, 0.05) is 0 Å². The lowest BCUT2D eigenvalue weighted by atomic mass is 9.83. The van der Waals surface area contributed by atoms with Crippen LogP contribution in [0.1, 0.15) is 145 Å². The number of halogens is 2. The van der Waals surface area contributed by atoms with Gasteiger partial charge < -0.3 is 14.2 Å². The van der Waals surface area contributed by atoms with Crippen molar-refractivity contribution in [1.82, 2.24) is 0 Å². The summed E-state index contributed by atoms with van der Waals surface area (Å²) in [5, 5.41) is 0. The summed E-state index contributed by atoms with van der Waals surface area (Å²) in [5.74, 6) is -1.13. The largest absolute Gasteiger partial charge is 0.491 e. The van der Waals surface area contributed by atoms with E-state index in [1.54, 1.807) is 12.1 Å². The van der Waals surface area contributed by atoms with Gasteiger partial charge >= 0.3 is 11.9 Å². The zero-order chi connectivity index (χ0) is 31.6. The second kappa shape index (κ2) is 20.1. The van der Waals surface area contributed by atoms with Crippen LogP contribution in [0.4, 0.5) is 8.78 Å². The molecule has 0 amide bonds. The summed E-state index contributed by atoms with van der Waals surface area (Å²) in [7, 11) is 0. The van der Waals surface area contributed by atoms with Gasteiger partial charge in [-0.15, -0.1) is 0 Å². The zero-order valence-corrected chi connectivity index (χ0v) is 26.8. The molecular formula is C37H52F2O5. The second-order valence-corrected chi connectivity index (χ2v) is 12.2. The second-order valence-electron chi connectivity index (χ2n) is 12.2. The first-order valence-corrected chi connectivity index (χ1v) is 17.0. The van der Waals surface area contributed by atoms with E-state index in [2.05, 4.69) is 6.92 Å². The zero-order valence-electron chi connectivity index (χ0n) is 26.8. The van der Waals surface area contributed by atoms with Crippen LogP contribution in [0.15, 0.2) is 42.5 Å². The van der Waals surface area contributed by atoms with Crippen molar-refractivity contribution in [2.24, 2.45) is 0 Å². The summed E-state index contributed by atoms with van der Waals surface area (Å²) in [6, 6.07) is 11.5. The summed E-state index contributed by atoms with van der Waals surface area (Å²) in [6.07, 6.45) is 15.2. The molecule has 0 heterocycles. The molecule has 7 heteroatoms. The molecule has 5 nitrogen and oxygen atoms in total. The molecule has 0 aliphatic heterocycles. The van der Waals surface area contributed by atoms with Gasteiger partial charge in [-0.25, -0.2) is 18.4 Å². The van der Waals surface area contributed by atoms with Gasteiger partial charge in [0.2, 0.25) is 0 Å². The van der Waals surface area contributed by atoms with Gasteiger partial charge in [0.25, 0.3) is 0 Å². The minimum Gasteiger partial charge on any atom is -0.491 e. The van der Waals surface area contributed by atoms with Crippen LogP contribution in [0, 0.1) is 5.82 Å². The lowest BCUT2D eigenvalue weighted by molar-refractivity contribution is -0.157. The van der Waals surface area contributed by atoms with E-state index >= 15 is 0 Å². The Kier molecular flexibility index (Phi) is 16.3. The van der Waals surface area contributed by atoms with Crippen molar-refractivity contribution >= 4 is 11.9 Å². The highest BCUT2D eigenvalue weighted by Gasteiger charge is 2.28. The molecule has 1 saturated carbocycles. The molecular weight excluding hydrogens is 562 g/mol. The van der Waals surface area contributed by atoms with E-state index in [1.807, 2.05) is 19.1 Å². The van der Waals surface area contributed by atoms with Gasteiger partial charge in [-0.2, -0.15) is 0 Å². The standard InChI is InChI=1S/C37H52F2O5/c1-3-5-7-8-9-10-11-12-13-14-26-42-35-25-20-30(27-34(35)39)36(40)43-31-21-16-28(17-22-31)29-18-23-32(24-19-29)44-37(41)33(38)15-6-4-2/h16-17,20-22,25,27,29,32-33H,3-15,18-19,23-24,26H2,1-2H3/t29?,32?,33-/m0/s1. The number of carbonyl (C=O) groups is 2. The first-order chi connectivity index (χ1) is 21.4. The number of hydrogen-bond donors (Lipinski definition) is 0. The molecule has 1 aliphatic carbocycles. The number of unbranched alkanes of at least 4 members (excludes halogenated alkanes) is 10. The normalized spacial score (nSPS) is 17.2. The SMILES string of the molecule is CCCCCCCCCCCCOc1ccc(C(=O)Oc2ccc(C3CCC(OC(=O)[C@@H](F)CCCC)CC3)cc2)cc1F. The number of hydrogen-bond acceptors (Lipinski definition) is 5. The maximum absolute atomic E-state index is 14.6. The van der Waals surface area contributed by atoms with E-state index in [0.29, 0.717) is 31.6 Å². The van der Waals surface area contributed by atoms with Crippen LogP contribution >= 0.6 is 0 Å². The molecule has 0 radical (unpaired) electrons. The summed E-state index contributed by atoms with van der Waals surface area (Å²) >= 11 is 0. The van der Waals surface area contributed by atoms with E-state index in [0.717, 1.165) is 43.7 Å². The van der Waals surface area contributed by atoms with Gasteiger partial charge in [0.1, 0.15) is 11.9 Å². The molecule has 3 rings (SSSR count). The third-order valence-corrected chi connectivity index (χ3v) is 8.51. The average Bonchev–Trinajstić information content (AvgIpc) is 3.03. The first-order valence-electron chi connectivity index (χ1n) is 17.0. The Balaban J connectivity index is 1.35. The number of carbonyl (C=O) groups excluding carboxylic acids is 2. The van der Waals surface area contributed by atoms with Crippen molar-refractivity contribution in [1.29, 1.82) is 0 Å². The predicted octanol–water partition coefficient (Wildman–Crippen LogP) is 10.4. The fourth-order valence-corrected chi connectivity index (χ4v) is 5.74. The smallest absolute Gasteiger partial charge is 0.343 e. The first kappa shape index (κ1) is 35.5. The molecule has 0 N–H and O–H groups in total. The molecule has 44 heavy (non-hydrogen) atoms. The lowest BCUT2D eigenvalue weighted by Crippen LogP contribution is -2.28. The van der Waals surface area contributed by atoms with Crippen LogP contribution < -0.4 is 9.47 Å². The fourth-order valence-electron chi connectivity index (χ4n) is 5.74. The van der Waals surface area contributed by atoms with Crippen molar-refractivity contribution < 1.29 is 32.6 Å². The third-order valence-electron chi connectivity index (χ3n) is 8.51. The van der Waals surface area contributed by atoms with E-state index in [9.17, 15) is 18.4 Å². The lowest BCUT2D eigenvalue weighted by Gasteiger charge is -2.29. The molecule has 0 spiro atoms. The van der Waals surface area contributed by atoms with Crippen LogP contribution in [0.2, 0.25) is 0 Å². The van der Waals surface area contributed by atoms with Crippen molar-refractivity contribution in [3.05, 3.63) is 59.4 Å². The van der Waals surface area contributed by atoms with Crippen molar-refractivity contribution in [2.75, 3.05) is 6.61 Å². The van der Waals surface area contributed by atoms with Gasteiger partial charge in [-0.1, -0.05) is 96.6 Å². The molecule has 1 aliphatic rings. The highest BCUT2D eigenvalue weighted by atomic mass is 19.1. The number of alkyl halides is 1. The highest BCUT2D eigenvalue weighted by Crippen LogP contribution is 2.35. The molecule has 2 aromatic rings. The topological polar surface area (TPSA) is 61.8 Å². The minimum absolute atomic E-state index is 0.121. The van der Waals surface area contributed by atoms with Crippen LogP contribution in [-0.4, -0.2) is 30.8 Å². The Labute approximate surface area is 263 Å². The van der Waals surface area contributed by atoms with Crippen LogP contribution in [0.3, 0.4) is 0 Å². The van der Waals surface area contributed by atoms with E-state index < -0.39 is 23.9 Å². The van der Waals surface area contributed by atoms with E-state index in [4.69, 9.17) is 14.2 Å². The molecule has 244 valence electrons. The average molecular weight is 615 g/mol. The summed E-state index contributed by atoms with van der Waals surface area (Å²) in [6.45, 7) is 4.65. The van der Waals surface area contributed by atoms with E-state index in [-0.39, 0.29) is 29.8 Å². The number of ether oxygens (including phenoxy) is 3. The van der Waals surface area contributed by atoms with Crippen molar-refractivity contribution in [3.8, 4) is 11.5 Å². The highest BCUT2D eigenvalue weighted by molar-refractivity contribution is 5.91. The van der Waals surface area contributed by atoms with Gasteiger partial charge in [-0.05, 0) is 80.3 Å². The van der Waals surface area contributed by atoms with Crippen LogP contribution in [0.5, 0.6) is 11.5 Å². The number of benzene rings is 2.